The van der Waals surface area contributed by atoms with Gasteiger partial charge in [-0.3, -0.25) is 9.59 Å². The zero-order chi connectivity index (χ0) is 17.9. The summed E-state index contributed by atoms with van der Waals surface area (Å²) in [5.74, 6) is -0.706. The van der Waals surface area contributed by atoms with Crippen molar-refractivity contribution >= 4 is 23.2 Å². The third-order valence-electron chi connectivity index (χ3n) is 3.19. The summed E-state index contributed by atoms with van der Waals surface area (Å²) in [5, 5.41) is 2.83. The summed E-state index contributed by atoms with van der Waals surface area (Å²) in [6.45, 7) is 5.67. The van der Waals surface area contributed by atoms with Gasteiger partial charge < -0.3 is 10.2 Å². The van der Waals surface area contributed by atoms with Crippen LogP contribution in [-0.4, -0.2) is 35.8 Å². The van der Waals surface area contributed by atoms with Crippen LogP contribution in [-0.2, 0) is 4.79 Å². The van der Waals surface area contributed by atoms with E-state index in [2.05, 4.69) is 5.32 Å². The van der Waals surface area contributed by atoms with Crippen LogP contribution < -0.4 is 5.32 Å². The number of hydrogen-bond donors (Lipinski definition) is 1. The highest BCUT2D eigenvalue weighted by atomic mass is 32.1. The van der Waals surface area contributed by atoms with E-state index < -0.39 is 0 Å². The lowest BCUT2D eigenvalue weighted by atomic mass is 10.1. The fourth-order valence-corrected chi connectivity index (χ4v) is 3.16. The van der Waals surface area contributed by atoms with Gasteiger partial charge in [0.1, 0.15) is 5.82 Å². The molecule has 1 aromatic heterocycles. The predicted octanol–water partition coefficient (Wildman–Crippen LogP) is 3.54. The second kappa shape index (κ2) is 7.13. The smallest absolute Gasteiger partial charge is 0.264 e. The molecule has 4 nitrogen and oxygen atoms in total. The van der Waals surface area contributed by atoms with Gasteiger partial charge in [-0.15, -0.1) is 11.3 Å². The lowest BCUT2D eigenvalue weighted by molar-refractivity contribution is -0.122. The van der Waals surface area contributed by atoms with Crippen molar-refractivity contribution in [3.8, 4) is 10.4 Å². The minimum atomic E-state index is -0.334. The molecule has 0 radical (unpaired) electrons. The Morgan fingerprint density at radius 2 is 1.75 bits per heavy atom. The van der Waals surface area contributed by atoms with Crippen LogP contribution in [0.25, 0.3) is 10.4 Å². The quantitative estimate of drug-likeness (QED) is 0.919. The van der Waals surface area contributed by atoms with Crippen molar-refractivity contribution in [2.75, 3.05) is 13.6 Å². The van der Waals surface area contributed by atoms with Crippen LogP contribution in [0.15, 0.2) is 36.4 Å². The van der Waals surface area contributed by atoms with Crippen LogP contribution >= 0.6 is 11.3 Å². The molecule has 0 aliphatic carbocycles. The van der Waals surface area contributed by atoms with Gasteiger partial charge in [0, 0.05) is 17.5 Å². The number of nitrogens with one attached hydrogen (secondary N) is 1. The van der Waals surface area contributed by atoms with Crippen molar-refractivity contribution < 1.29 is 14.0 Å². The van der Waals surface area contributed by atoms with Crippen LogP contribution in [0.3, 0.4) is 0 Å². The van der Waals surface area contributed by atoms with E-state index in [0.717, 1.165) is 10.4 Å². The first-order chi connectivity index (χ1) is 11.2. The molecule has 0 unspecified atom stereocenters. The molecule has 1 N–H and O–H groups in total. The SMILES string of the molecule is CN(CC(=O)NC(C)(C)C)C(=O)c1ccc(-c2ccc(F)cc2)s1. The van der Waals surface area contributed by atoms with Crippen LogP contribution in [0.5, 0.6) is 0 Å². The Hall–Kier alpha value is -2.21. The van der Waals surface area contributed by atoms with Gasteiger partial charge >= 0.3 is 0 Å². The monoisotopic (exact) mass is 348 g/mol. The molecular weight excluding hydrogens is 327 g/mol. The maximum Gasteiger partial charge on any atom is 0.264 e. The summed E-state index contributed by atoms with van der Waals surface area (Å²) in [4.78, 5) is 27.2. The fraction of sp³-hybridized carbons (Fsp3) is 0.333. The first-order valence-corrected chi connectivity index (χ1v) is 8.39. The Bertz CT molecular complexity index is 732. The van der Waals surface area contributed by atoms with Crippen molar-refractivity contribution in [1.82, 2.24) is 10.2 Å². The van der Waals surface area contributed by atoms with Crippen LogP contribution in [0.2, 0.25) is 0 Å². The number of carbonyl (C=O) groups excluding carboxylic acids is 2. The number of nitrogens with zero attached hydrogens (tertiary/aromatic N) is 1. The number of benzene rings is 1. The van der Waals surface area contributed by atoms with E-state index >= 15 is 0 Å². The second-order valence-corrected chi connectivity index (χ2v) is 7.71. The molecule has 0 spiro atoms. The van der Waals surface area contributed by atoms with Crippen molar-refractivity contribution in [1.29, 1.82) is 0 Å². The molecule has 0 saturated heterocycles. The van der Waals surface area contributed by atoms with Gasteiger partial charge in [0.2, 0.25) is 5.91 Å². The van der Waals surface area contributed by atoms with E-state index in [-0.39, 0.29) is 29.7 Å². The summed E-state index contributed by atoms with van der Waals surface area (Å²) in [6, 6.07) is 9.68. The molecule has 0 bridgehead atoms. The molecule has 2 rings (SSSR count). The standard InChI is InChI=1S/C18H21FN2O2S/c1-18(2,3)20-16(22)11-21(4)17(23)15-10-9-14(24-15)12-5-7-13(19)8-6-12/h5-10H,11H2,1-4H3,(H,20,22). The van der Waals surface area contributed by atoms with Gasteiger partial charge in [-0.2, -0.15) is 0 Å². The minimum Gasteiger partial charge on any atom is -0.350 e. The zero-order valence-corrected chi connectivity index (χ0v) is 15.0. The van der Waals surface area contributed by atoms with Crippen molar-refractivity contribution in [2.45, 2.75) is 26.3 Å². The maximum absolute atomic E-state index is 13.0. The normalized spacial score (nSPS) is 11.2. The number of thiophene rings is 1. The van der Waals surface area contributed by atoms with Crippen LogP contribution in [0.1, 0.15) is 30.4 Å². The van der Waals surface area contributed by atoms with Gasteiger partial charge in [-0.1, -0.05) is 12.1 Å². The largest absolute Gasteiger partial charge is 0.350 e. The number of halogens is 1. The average Bonchev–Trinajstić information content (AvgIpc) is 2.94. The van der Waals surface area contributed by atoms with Gasteiger partial charge in [0.25, 0.3) is 5.91 Å². The third-order valence-corrected chi connectivity index (χ3v) is 4.31. The Morgan fingerprint density at radius 3 is 2.33 bits per heavy atom. The van der Waals surface area contributed by atoms with Crippen LogP contribution in [0, 0.1) is 5.82 Å². The first-order valence-electron chi connectivity index (χ1n) is 7.58. The number of carbonyl (C=O) groups is 2. The van der Waals surface area contributed by atoms with E-state index in [0.29, 0.717) is 4.88 Å². The number of likely N-dealkylation sites (N-methyl/N-ethyl adjacent to an activating group) is 1. The first kappa shape index (κ1) is 18.1. The number of rotatable bonds is 4. The lowest BCUT2D eigenvalue weighted by Crippen LogP contribution is -2.46. The Kier molecular flexibility index (Phi) is 5.39. The fourth-order valence-electron chi connectivity index (χ4n) is 2.16. The molecule has 1 heterocycles. The Morgan fingerprint density at radius 1 is 1.12 bits per heavy atom. The average molecular weight is 348 g/mol. The second-order valence-electron chi connectivity index (χ2n) is 6.63. The van der Waals surface area contributed by atoms with E-state index in [1.54, 1.807) is 25.2 Å². The highest BCUT2D eigenvalue weighted by Gasteiger charge is 2.20. The molecule has 2 aromatic rings. The summed E-state index contributed by atoms with van der Waals surface area (Å²) >= 11 is 1.32. The molecule has 0 fully saturated rings. The predicted molar refractivity (Wildman–Crippen MR) is 94.6 cm³/mol. The van der Waals surface area contributed by atoms with Gasteiger partial charge in [0.05, 0.1) is 11.4 Å². The Balaban J connectivity index is 2.05. The molecule has 24 heavy (non-hydrogen) atoms. The third kappa shape index (κ3) is 4.89. The maximum atomic E-state index is 13.0. The highest BCUT2D eigenvalue weighted by molar-refractivity contribution is 7.17. The van der Waals surface area contributed by atoms with E-state index in [4.69, 9.17) is 0 Å². The summed E-state index contributed by atoms with van der Waals surface area (Å²) < 4.78 is 13.0. The van der Waals surface area contributed by atoms with Crippen molar-refractivity contribution in [2.24, 2.45) is 0 Å². The summed E-state index contributed by atoms with van der Waals surface area (Å²) in [7, 11) is 1.60. The van der Waals surface area contributed by atoms with E-state index in [9.17, 15) is 14.0 Å². The topological polar surface area (TPSA) is 49.4 Å². The van der Waals surface area contributed by atoms with Gasteiger partial charge in [-0.05, 0) is 50.6 Å². The van der Waals surface area contributed by atoms with Gasteiger partial charge in [0.15, 0.2) is 0 Å². The minimum absolute atomic E-state index is 0.000114. The van der Waals surface area contributed by atoms with Crippen molar-refractivity contribution in [3.63, 3.8) is 0 Å². The molecule has 0 aliphatic heterocycles. The molecule has 2 amide bonds. The molecule has 128 valence electrons. The number of amides is 2. The summed E-state index contributed by atoms with van der Waals surface area (Å²) in [6.07, 6.45) is 0. The Labute approximate surface area is 145 Å². The molecule has 1 aromatic carbocycles. The molecule has 0 aliphatic rings. The molecule has 0 atom stereocenters. The molecule has 6 heteroatoms. The van der Waals surface area contributed by atoms with Crippen LogP contribution in [0.4, 0.5) is 4.39 Å². The van der Waals surface area contributed by atoms with Crippen molar-refractivity contribution in [3.05, 3.63) is 47.1 Å². The summed E-state index contributed by atoms with van der Waals surface area (Å²) in [5.41, 5.74) is 0.521. The van der Waals surface area contributed by atoms with Gasteiger partial charge in [-0.25, -0.2) is 4.39 Å². The molecular formula is C18H21FN2O2S. The van der Waals surface area contributed by atoms with E-state index in [1.807, 2.05) is 26.8 Å². The molecule has 0 saturated carbocycles. The lowest BCUT2D eigenvalue weighted by Gasteiger charge is -2.23. The number of hydrogen-bond acceptors (Lipinski definition) is 3. The van der Waals surface area contributed by atoms with E-state index in [1.165, 1.54) is 28.4 Å². The zero-order valence-electron chi connectivity index (χ0n) is 14.2. The highest BCUT2D eigenvalue weighted by Crippen LogP contribution is 2.28.